The zero-order valence-electron chi connectivity index (χ0n) is 15.3. The van der Waals surface area contributed by atoms with Crippen LogP contribution in [-0.4, -0.2) is 51.9 Å². The monoisotopic (exact) mass is 363 g/mol. The first kappa shape index (κ1) is 18.8. The third kappa shape index (κ3) is 4.62. The number of amides is 1. The molecule has 1 aromatic heterocycles. The Morgan fingerprint density at radius 1 is 1.31 bits per heavy atom. The van der Waals surface area contributed by atoms with Crippen LogP contribution in [0.2, 0.25) is 0 Å². The van der Waals surface area contributed by atoms with Crippen molar-refractivity contribution in [3.63, 3.8) is 0 Å². The lowest BCUT2D eigenvalue weighted by Crippen LogP contribution is -2.33. The number of ether oxygens (including phenoxy) is 1. The number of aliphatic hydroxyl groups excluding tert-OH is 1. The molecule has 2 aliphatic carbocycles. The lowest BCUT2D eigenvalue weighted by Gasteiger charge is -2.29. The second-order valence-corrected chi connectivity index (χ2v) is 7.15. The van der Waals surface area contributed by atoms with E-state index in [-0.39, 0.29) is 23.8 Å². The molecule has 144 valence electrons. The molecular weight excluding hydrogens is 334 g/mol. The van der Waals surface area contributed by atoms with Crippen molar-refractivity contribution in [1.29, 1.82) is 0 Å². The number of primary amides is 1. The van der Waals surface area contributed by atoms with Crippen LogP contribution in [0.25, 0.3) is 0 Å². The fourth-order valence-electron chi connectivity index (χ4n) is 3.87. The minimum absolute atomic E-state index is 0.118. The van der Waals surface area contributed by atoms with Gasteiger partial charge in [-0.25, -0.2) is 4.98 Å². The third-order valence-corrected chi connectivity index (χ3v) is 5.22. The number of carbonyl (C=O) groups excluding carboxylic acids is 1. The maximum Gasteiger partial charge on any atom is 0.254 e. The zero-order chi connectivity index (χ0) is 18.5. The molecule has 0 saturated heterocycles. The molecule has 0 aliphatic heterocycles. The molecule has 2 fully saturated rings. The third-order valence-electron chi connectivity index (χ3n) is 5.22. The summed E-state index contributed by atoms with van der Waals surface area (Å²) in [5, 5.41) is 16.6. The first-order valence-corrected chi connectivity index (χ1v) is 9.56. The number of anilines is 2. The van der Waals surface area contributed by atoms with Gasteiger partial charge in [0.1, 0.15) is 5.82 Å². The summed E-state index contributed by atoms with van der Waals surface area (Å²) < 4.78 is 5.74. The lowest BCUT2D eigenvalue weighted by atomic mass is 9.93. The van der Waals surface area contributed by atoms with Crippen LogP contribution in [0.15, 0.2) is 6.20 Å². The van der Waals surface area contributed by atoms with Gasteiger partial charge in [-0.1, -0.05) is 0 Å². The highest BCUT2D eigenvalue weighted by Gasteiger charge is 2.27. The van der Waals surface area contributed by atoms with E-state index >= 15 is 0 Å². The Balaban J connectivity index is 1.71. The summed E-state index contributed by atoms with van der Waals surface area (Å²) in [6, 6.07) is 0.123. The van der Waals surface area contributed by atoms with Crippen LogP contribution in [0, 0.1) is 0 Å². The average molecular weight is 363 g/mol. The predicted molar refractivity (Wildman–Crippen MR) is 99.1 cm³/mol. The summed E-state index contributed by atoms with van der Waals surface area (Å²) in [7, 11) is 0. The Hall–Kier alpha value is -1.93. The quantitative estimate of drug-likeness (QED) is 0.581. The Morgan fingerprint density at radius 2 is 2.12 bits per heavy atom. The molecule has 4 atom stereocenters. The lowest BCUT2D eigenvalue weighted by molar-refractivity contribution is 0.0335. The van der Waals surface area contributed by atoms with Crippen LogP contribution in [0.5, 0.6) is 0 Å². The molecule has 3 rings (SSSR count). The molecule has 1 heterocycles. The van der Waals surface area contributed by atoms with Crippen molar-refractivity contribution >= 4 is 17.7 Å². The van der Waals surface area contributed by atoms with Crippen LogP contribution in [0.3, 0.4) is 0 Å². The molecule has 1 amide bonds. The molecule has 0 radical (unpaired) electrons. The van der Waals surface area contributed by atoms with Gasteiger partial charge in [0.25, 0.3) is 5.91 Å². The number of aromatic nitrogens is 2. The topological polar surface area (TPSA) is 122 Å². The molecule has 5 N–H and O–H groups in total. The van der Waals surface area contributed by atoms with Gasteiger partial charge in [0, 0.05) is 18.8 Å². The highest BCUT2D eigenvalue weighted by molar-refractivity contribution is 5.97. The number of carbonyl (C=O) groups is 1. The van der Waals surface area contributed by atoms with Crippen molar-refractivity contribution in [1.82, 2.24) is 9.97 Å². The van der Waals surface area contributed by atoms with Gasteiger partial charge in [-0.05, 0) is 51.9 Å². The fraction of sp³-hybridized carbons (Fsp3) is 0.722. The van der Waals surface area contributed by atoms with Crippen molar-refractivity contribution in [3.05, 3.63) is 11.8 Å². The summed E-state index contributed by atoms with van der Waals surface area (Å²) in [6.07, 6.45) is 7.95. The maximum absolute atomic E-state index is 11.7. The Bertz CT molecular complexity index is 625. The SMILES string of the molecule is CCO[C@H]1CCC[C@H](Nc2ncc(C(N)=O)c(N[C@H]3CCC[C@@H]3O)n2)C1. The van der Waals surface area contributed by atoms with E-state index in [1.54, 1.807) is 0 Å². The van der Waals surface area contributed by atoms with Crippen molar-refractivity contribution in [3.8, 4) is 0 Å². The van der Waals surface area contributed by atoms with E-state index in [0.717, 1.165) is 51.6 Å². The van der Waals surface area contributed by atoms with E-state index in [2.05, 4.69) is 20.6 Å². The zero-order valence-corrected chi connectivity index (χ0v) is 15.3. The van der Waals surface area contributed by atoms with Crippen LogP contribution in [0.1, 0.15) is 62.2 Å². The average Bonchev–Trinajstić information content (AvgIpc) is 3.00. The molecule has 2 saturated carbocycles. The van der Waals surface area contributed by atoms with Gasteiger partial charge >= 0.3 is 0 Å². The standard InChI is InChI=1S/C18H29N5O3/c1-2-26-12-6-3-5-11(9-12)21-18-20-10-13(16(19)25)17(23-18)22-14-7-4-8-15(14)24/h10-12,14-15,24H,2-9H2,1H3,(H2,19,25)(H2,20,21,22,23)/t11-,12-,14-,15-/m0/s1. The molecule has 0 spiro atoms. The fourth-order valence-corrected chi connectivity index (χ4v) is 3.87. The molecule has 26 heavy (non-hydrogen) atoms. The van der Waals surface area contributed by atoms with Gasteiger partial charge in [-0.2, -0.15) is 4.98 Å². The summed E-state index contributed by atoms with van der Waals surface area (Å²) in [4.78, 5) is 20.4. The van der Waals surface area contributed by atoms with E-state index in [9.17, 15) is 9.90 Å². The van der Waals surface area contributed by atoms with Crippen LogP contribution in [0.4, 0.5) is 11.8 Å². The number of nitrogens with two attached hydrogens (primary N) is 1. The molecule has 8 heteroatoms. The molecule has 2 aliphatic rings. The number of nitrogens with one attached hydrogen (secondary N) is 2. The van der Waals surface area contributed by atoms with Gasteiger partial charge in [-0.3, -0.25) is 4.79 Å². The predicted octanol–water partition coefficient (Wildman–Crippen LogP) is 1.66. The van der Waals surface area contributed by atoms with Gasteiger partial charge in [0.2, 0.25) is 5.95 Å². The number of aliphatic hydroxyl groups is 1. The van der Waals surface area contributed by atoms with Gasteiger partial charge in [0.05, 0.1) is 23.8 Å². The largest absolute Gasteiger partial charge is 0.391 e. The smallest absolute Gasteiger partial charge is 0.254 e. The van der Waals surface area contributed by atoms with Gasteiger partial charge in [-0.15, -0.1) is 0 Å². The number of nitrogens with zero attached hydrogens (tertiary/aromatic N) is 2. The van der Waals surface area contributed by atoms with Crippen LogP contribution >= 0.6 is 0 Å². The van der Waals surface area contributed by atoms with Crippen molar-refractivity contribution in [2.45, 2.75) is 76.2 Å². The Kier molecular flexibility index (Phi) is 6.26. The maximum atomic E-state index is 11.7. The molecule has 8 nitrogen and oxygen atoms in total. The molecular formula is C18H29N5O3. The van der Waals surface area contributed by atoms with E-state index in [1.807, 2.05) is 6.92 Å². The van der Waals surface area contributed by atoms with E-state index in [0.29, 0.717) is 11.8 Å². The first-order chi connectivity index (χ1) is 12.6. The number of hydrogen-bond donors (Lipinski definition) is 4. The second kappa shape index (κ2) is 8.64. The second-order valence-electron chi connectivity index (χ2n) is 7.15. The molecule has 1 aromatic rings. The summed E-state index contributed by atoms with van der Waals surface area (Å²) >= 11 is 0. The number of hydrogen-bond acceptors (Lipinski definition) is 7. The highest BCUT2D eigenvalue weighted by atomic mass is 16.5. The molecule has 0 unspecified atom stereocenters. The first-order valence-electron chi connectivity index (χ1n) is 9.56. The molecule has 0 bridgehead atoms. The van der Waals surface area contributed by atoms with Crippen LogP contribution in [-0.2, 0) is 4.74 Å². The van der Waals surface area contributed by atoms with Crippen molar-refractivity contribution in [2.75, 3.05) is 17.2 Å². The minimum atomic E-state index is -0.583. The van der Waals surface area contributed by atoms with E-state index in [4.69, 9.17) is 10.5 Å². The van der Waals surface area contributed by atoms with E-state index < -0.39 is 12.0 Å². The summed E-state index contributed by atoms with van der Waals surface area (Å²) in [5.41, 5.74) is 5.69. The number of rotatable bonds is 7. The highest BCUT2D eigenvalue weighted by Crippen LogP contribution is 2.26. The van der Waals surface area contributed by atoms with E-state index in [1.165, 1.54) is 6.20 Å². The van der Waals surface area contributed by atoms with Crippen molar-refractivity contribution < 1.29 is 14.6 Å². The van der Waals surface area contributed by atoms with Gasteiger partial charge in [0.15, 0.2) is 0 Å². The summed E-state index contributed by atoms with van der Waals surface area (Å²) in [6.45, 7) is 2.73. The van der Waals surface area contributed by atoms with Gasteiger partial charge < -0.3 is 26.2 Å². The Morgan fingerprint density at radius 3 is 2.81 bits per heavy atom. The summed E-state index contributed by atoms with van der Waals surface area (Å²) in [5.74, 6) is 0.269. The van der Waals surface area contributed by atoms with Crippen LogP contribution < -0.4 is 16.4 Å². The Labute approximate surface area is 153 Å². The minimum Gasteiger partial charge on any atom is -0.391 e. The normalized spacial score (nSPS) is 28.7. The van der Waals surface area contributed by atoms with Crippen molar-refractivity contribution in [2.24, 2.45) is 5.73 Å². The molecule has 0 aromatic carbocycles.